The van der Waals surface area contributed by atoms with E-state index in [1.165, 1.54) is 17.4 Å². The Morgan fingerprint density at radius 3 is 2.52 bits per heavy atom. The number of pyridine rings is 1. The zero-order chi connectivity index (χ0) is 19.6. The molecule has 3 heterocycles. The number of fused-ring (bicyclic) bond motifs is 1. The van der Waals surface area contributed by atoms with Gasteiger partial charge in [0.25, 0.3) is 5.56 Å². The van der Waals surface area contributed by atoms with Crippen molar-refractivity contribution in [3.63, 3.8) is 0 Å². The molecule has 1 aliphatic rings. The second-order valence-corrected chi connectivity index (χ2v) is 9.53. The molecule has 1 saturated heterocycles. The summed E-state index contributed by atoms with van der Waals surface area (Å²) in [5.41, 5.74) is 1.13. The van der Waals surface area contributed by atoms with E-state index in [4.69, 9.17) is 0 Å². The molecule has 2 aromatic heterocycles. The van der Waals surface area contributed by atoms with Gasteiger partial charge in [0.2, 0.25) is 5.91 Å². The second kappa shape index (κ2) is 7.80. The molecule has 0 N–H and O–H groups in total. The maximum absolute atomic E-state index is 12.8. The van der Waals surface area contributed by atoms with Crippen LogP contribution in [0.1, 0.15) is 43.9 Å². The zero-order valence-corrected chi connectivity index (χ0v) is 16.5. The van der Waals surface area contributed by atoms with Crippen molar-refractivity contribution in [3.8, 4) is 0 Å². The van der Waals surface area contributed by atoms with Gasteiger partial charge in [-0.15, -0.1) is 0 Å². The molecule has 0 spiro atoms. The van der Waals surface area contributed by atoms with E-state index < -0.39 is 20.8 Å². The molecule has 1 atom stereocenters. The molecule has 0 bridgehead atoms. The van der Waals surface area contributed by atoms with Gasteiger partial charge in [-0.3, -0.25) is 14.0 Å². The van der Waals surface area contributed by atoms with Crippen LogP contribution in [0, 0.1) is 6.92 Å². The summed E-state index contributed by atoms with van der Waals surface area (Å²) in [6.45, 7) is 4.50. The maximum Gasteiger partial charge on any atom is 0.258 e. The molecule has 3 rings (SSSR count). The first-order valence-electron chi connectivity index (χ1n) is 9.27. The largest absolute Gasteiger partial charge is 0.342 e. The van der Waals surface area contributed by atoms with E-state index in [0.29, 0.717) is 18.7 Å². The highest BCUT2D eigenvalue weighted by Crippen LogP contribution is 2.16. The van der Waals surface area contributed by atoms with E-state index in [9.17, 15) is 18.0 Å². The number of sulfone groups is 1. The van der Waals surface area contributed by atoms with Gasteiger partial charge in [-0.25, -0.2) is 13.4 Å². The third-order valence-corrected chi connectivity index (χ3v) is 6.99. The minimum Gasteiger partial charge on any atom is -0.342 e. The van der Waals surface area contributed by atoms with Crippen LogP contribution in [-0.4, -0.2) is 46.9 Å². The molecule has 1 unspecified atom stereocenters. The average molecular weight is 391 g/mol. The summed E-state index contributed by atoms with van der Waals surface area (Å²) in [6.07, 6.45) is 5.60. The van der Waals surface area contributed by atoms with Crippen molar-refractivity contribution >= 4 is 21.4 Å². The highest BCUT2D eigenvalue weighted by Gasteiger charge is 2.32. The minimum atomic E-state index is -3.77. The summed E-state index contributed by atoms with van der Waals surface area (Å²) in [6, 6.07) is 4.72. The fourth-order valence-electron chi connectivity index (χ4n) is 3.37. The third kappa shape index (κ3) is 4.37. The van der Waals surface area contributed by atoms with Gasteiger partial charge in [0.05, 0.1) is 11.4 Å². The Hall–Kier alpha value is -2.22. The summed E-state index contributed by atoms with van der Waals surface area (Å²) in [5, 5.41) is -1.14. The summed E-state index contributed by atoms with van der Waals surface area (Å²) in [5.74, 6) is -0.780. The van der Waals surface area contributed by atoms with E-state index in [-0.39, 0.29) is 17.2 Å². The third-order valence-electron chi connectivity index (χ3n) is 5.01. The monoisotopic (exact) mass is 391 g/mol. The van der Waals surface area contributed by atoms with Crippen molar-refractivity contribution < 1.29 is 13.2 Å². The summed E-state index contributed by atoms with van der Waals surface area (Å²) in [4.78, 5) is 30.9. The Morgan fingerprint density at radius 2 is 1.85 bits per heavy atom. The van der Waals surface area contributed by atoms with Crippen LogP contribution in [0.2, 0.25) is 0 Å². The average Bonchev–Trinajstić information content (AvgIpc) is 2.90. The number of hydrogen-bond donors (Lipinski definition) is 0. The normalized spacial score (nSPS) is 16.9. The van der Waals surface area contributed by atoms with Gasteiger partial charge in [0, 0.05) is 25.4 Å². The number of nitrogens with zero attached hydrogens (tertiary/aromatic N) is 3. The highest BCUT2D eigenvalue weighted by atomic mass is 32.2. The SMILES string of the molecule is Cc1ccc2nc(CS(=O)(=O)C(C)C(=O)N3CCCCCC3)cc(=O)n2c1. The zero-order valence-electron chi connectivity index (χ0n) is 15.7. The van der Waals surface area contributed by atoms with Crippen LogP contribution in [0.25, 0.3) is 5.65 Å². The van der Waals surface area contributed by atoms with Crippen molar-refractivity contribution in [3.05, 3.63) is 46.0 Å². The maximum atomic E-state index is 12.8. The van der Waals surface area contributed by atoms with E-state index in [1.807, 2.05) is 13.0 Å². The highest BCUT2D eigenvalue weighted by molar-refractivity contribution is 7.92. The van der Waals surface area contributed by atoms with E-state index >= 15 is 0 Å². The fourth-order valence-corrected chi connectivity index (χ4v) is 4.63. The lowest BCUT2D eigenvalue weighted by atomic mass is 10.2. The number of likely N-dealkylation sites (tertiary alicyclic amines) is 1. The van der Waals surface area contributed by atoms with Gasteiger partial charge in [-0.2, -0.15) is 0 Å². The molecule has 146 valence electrons. The quantitative estimate of drug-likeness (QED) is 0.792. The molecular formula is C19H25N3O4S. The summed E-state index contributed by atoms with van der Waals surface area (Å²) >= 11 is 0. The van der Waals surface area contributed by atoms with Gasteiger partial charge in [-0.1, -0.05) is 18.9 Å². The Morgan fingerprint density at radius 1 is 1.19 bits per heavy atom. The number of carbonyl (C=O) groups excluding carboxylic acids is 1. The molecule has 1 fully saturated rings. The number of aryl methyl sites for hydroxylation is 1. The first kappa shape index (κ1) is 19.5. The predicted molar refractivity (Wildman–Crippen MR) is 103 cm³/mol. The van der Waals surface area contributed by atoms with E-state index in [1.54, 1.807) is 17.2 Å². The smallest absolute Gasteiger partial charge is 0.258 e. The van der Waals surface area contributed by atoms with E-state index in [2.05, 4.69) is 4.98 Å². The van der Waals surface area contributed by atoms with Gasteiger partial charge >= 0.3 is 0 Å². The first-order valence-corrected chi connectivity index (χ1v) is 11.0. The Balaban J connectivity index is 1.83. The molecular weight excluding hydrogens is 366 g/mol. The molecule has 0 saturated carbocycles. The van der Waals surface area contributed by atoms with E-state index in [0.717, 1.165) is 31.2 Å². The number of aromatic nitrogens is 2. The van der Waals surface area contributed by atoms with Crippen molar-refractivity contribution in [2.24, 2.45) is 0 Å². The minimum absolute atomic E-state index is 0.166. The van der Waals surface area contributed by atoms with Crippen LogP contribution in [0.3, 0.4) is 0 Å². The molecule has 27 heavy (non-hydrogen) atoms. The molecule has 0 aromatic carbocycles. The Labute approximate surface area is 158 Å². The lowest BCUT2D eigenvalue weighted by Gasteiger charge is -2.24. The number of hydrogen-bond acceptors (Lipinski definition) is 5. The number of amides is 1. The fraction of sp³-hybridized carbons (Fsp3) is 0.526. The molecule has 1 amide bonds. The van der Waals surface area contributed by atoms with Crippen molar-refractivity contribution in [2.45, 2.75) is 50.5 Å². The first-order chi connectivity index (χ1) is 12.8. The summed E-state index contributed by atoms with van der Waals surface area (Å²) in [7, 11) is -3.77. The number of carbonyl (C=O) groups is 1. The summed E-state index contributed by atoms with van der Waals surface area (Å²) < 4.78 is 26.9. The van der Waals surface area contributed by atoms with Gasteiger partial charge in [-0.05, 0) is 38.3 Å². The molecule has 7 nitrogen and oxygen atoms in total. The second-order valence-electron chi connectivity index (χ2n) is 7.21. The molecule has 0 radical (unpaired) electrons. The van der Waals surface area contributed by atoms with Gasteiger partial charge in [0.1, 0.15) is 10.9 Å². The van der Waals surface area contributed by atoms with Crippen LogP contribution >= 0.6 is 0 Å². The van der Waals surface area contributed by atoms with Gasteiger partial charge < -0.3 is 4.90 Å². The molecule has 8 heteroatoms. The Kier molecular flexibility index (Phi) is 5.64. The number of rotatable bonds is 4. The van der Waals surface area contributed by atoms with Crippen LogP contribution in [0.5, 0.6) is 0 Å². The van der Waals surface area contributed by atoms with Crippen molar-refractivity contribution in [2.75, 3.05) is 13.1 Å². The van der Waals surface area contributed by atoms with Crippen LogP contribution in [-0.2, 0) is 20.4 Å². The van der Waals surface area contributed by atoms with Gasteiger partial charge in [0.15, 0.2) is 9.84 Å². The topological polar surface area (TPSA) is 88.8 Å². The van der Waals surface area contributed by atoms with Crippen LogP contribution in [0.15, 0.2) is 29.2 Å². The van der Waals surface area contributed by atoms with Crippen molar-refractivity contribution in [1.29, 1.82) is 0 Å². The molecule has 0 aliphatic carbocycles. The van der Waals surface area contributed by atoms with Crippen LogP contribution < -0.4 is 5.56 Å². The Bertz CT molecular complexity index is 1010. The standard InChI is InChI=1S/C19H25N3O4S/c1-14-7-8-17-20-16(11-18(23)22(17)12-14)13-27(25,26)15(2)19(24)21-9-5-3-4-6-10-21/h7-8,11-12,15H,3-6,9-10,13H2,1-2H3. The lowest BCUT2D eigenvalue weighted by Crippen LogP contribution is -2.42. The van der Waals surface area contributed by atoms with Crippen molar-refractivity contribution in [1.82, 2.24) is 14.3 Å². The lowest BCUT2D eigenvalue weighted by molar-refractivity contribution is -0.130. The van der Waals surface area contributed by atoms with Crippen LogP contribution in [0.4, 0.5) is 0 Å². The predicted octanol–water partition coefficient (Wildman–Crippen LogP) is 1.71. The molecule has 2 aromatic rings. The molecule has 1 aliphatic heterocycles.